The zero-order valence-electron chi connectivity index (χ0n) is 14.5. The summed E-state index contributed by atoms with van der Waals surface area (Å²) in [6.07, 6.45) is 0.774. The second-order valence-electron chi connectivity index (χ2n) is 6.66. The number of carboxylic acids is 1. The van der Waals surface area contributed by atoms with Crippen LogP contribution in [-0.2, 0) is 14.3 Å². The van der Waals surface area contributed by atoms with Crippen molar-refractivity contribution in [1.82, 2.24) is 4.90 Å². The van der Waals surface area contributed by atoms with Gasteiger partial charge in [-0.15, -0.1) is 0 Å². The molecule has 2 heterocycles. The largest absolute Gasteiger partial charge is 0.481 e. The van der Waals surface area contributed by atoms with Crippen molar-refractivity contribution in [3.8, 4) is 5.75 Å². The molecule has 7 heteroatoms. The first kappa shape index (κ1) is 17.7. The smallest absolute Gasteiger partial charge is 0.341 e. The normalized spacial score (nSPS) is 23.0. The third-order valence-electron chi connectivity index (χ3n) is 4.78. The topological polar surface area (TPSA) is 85.3 Å². The Morgan fingerprint density at radius 1 is 1.20 bits per heavy atom. The lowest BCUT2D eigenvalue weighted by Gasteiger charge is -2.43. The Morgan fingerprint density at radius 2 is 1.84 bits per heavy atom. The number of ether oxygens (including phenoxy) is 3. The lowest BCUT2D eigenvalue weighted by molar-refractivity contribution is -0.139. The highest BCUT2D eigenvalue weighted by Gasteiger charge is 2.45. The van der Waals surface area contributed by atoms with Gasteiger partial charge in [0.2, 0.25) is 0 Å². The van der Waals surface area contributed by atoms with Crippen molar-refractivity contribution in [1.29, 1.82) is 0 Å². The van der Waals surface area contributed by atoms with Crippen molar-refractivity contribution >= 4 is 11.9 Å². The van der Waals surface area contributed by atoms with Crippen molar-refractivity contribution in [2.45, 2.75) is 25.8 Å². The van der Waals surface area contributed by atoms with Gasteiger partial charge >= 0.3 is 5.97 Å². The molecule has 25 heavy (non-hydrogen) atoms. The van der Waals surface area contributed by atoms with Gasteiger partial charge < -0.3 is 24.2 Å². The van der Waals surface area contributed by atoms with Crippen LogP contribution in [0.2, 0.25) is 0 Å². The molecule has 1 N–H and O–H groups in total. The number of amides is 1. The third-order valence-corrected chi connectivity index (χ3v) is 4.78. The minimum atomic E-state index is -1.03. The van der Waals surface area contributed by atoms with Crippen molar-refractivity contribution in [3.63, 3.8) is 0 Å². The van der Waals surface area contributed by atoms with Crippen LogP contribution in [0.4, 0.5) is 0 Å². The Hall–Kier alpha value is -2.12. The maximum Gasteiger partial charge on any atom is 0.341 e. The second-order valence-corrected chi connectivity index (χ2v) is 6.66. The summed E-state index contributed by atoms with van der Waals surface area (Å²) in [6, 6.07) is 3.51. The van der Waals surface area contributed by atoms with Crippen LogP contribution in [0, 0.1) is 13.8 Å². The molecule has 2 saturated heterocycles. The minimum absolute atomic E-state index is 0.0511. The molecule has 136 valence electrons. The summed E-state index contributed by atoms with van der Waals surface area (Å²) in [6.45, 7) is 5.91. The number of rotatable bonds is 4. The van der Waals surface area contributed by atoms with Gasteiger partial charge in [0.25, 0.3) is 5.91 Å². The Kier molecular flexibility index (Phi) is 4.96. The molecule has 3 rings (SSSR count). The standard InChI is InChI=1S/C18H23NO6/c1-12-7-14(8-13(2)16(12)25-9-15(20)21)17(22)19-4-6-24-11-18(19)3-5-23-10-18/h7-8H,3-6,9-11H2,1-2H3,(H,20,21). The van der Waals surface area contributed by atoms with E-state index < -0.39 is 12.6 Å². The molecule has 0 radical (unpaired) electrons. The average molecular weight is 349 g/mol. The molecule has 2 fully saturated rings. The number of morpholine rings is 1. The van der Waals surface area contributed by atoms with E-state index in [1.54, 1.807) is 12.1 Å². The van der Waals surface area contributed by atoms with Gasteiger partial charge in [0.05, 0.1) is 25.4 Å². The van der Waals surface area contributed by atoms with Crippen LogP contribution in [0.3, 0.4) is 0 Å². The Bertz CT molecular complexity index is 657. The van der Waals surface area contributed by atoms with Crippen molar-refractivity contribution in [2.24, 2.45) is 0 Å². The molecule has 2 aliphatic heterocycles. The van der Waals surface area contributed by atoms with Gasteiger partial charge in [0.15, 0.2) is 6.61 Å². The Labute approximate surface area is 146 Å². The minimum Gasteiger partial charge on any atom is -0.481 e. The first-order chi connectivity index (χ1) is 11.9. The van der Waals surface area contributed by atoms with Gasteiger partial charge in [-0.25, -0.2) is 4.79 Å². The maximum atomic E-state index is 13.1. The SMILES string of the molecule is Cc1cc(C(=O)N2CCOCC23CCOC3)cc(C)c1OCC(=O)O. The summed E-state index contributed by atoms with van der Waals surface area (Å²) in [5.41, 5.74) is 1.69. The van der Waals surface area contributed by atoms with E-state index in [1.807, 2.05) is 18.7 Å². The highest BCUT2D eigenvalue weighted by atomic mass is 16.5. The lowest BCUT2D eigenvalue weighted by Crippen LogP contribution is -2.59. The third kappa shape index (κ3) is 3.48. The van der Waals surface area contributed by atoms with Crippen molar-refractivity contribution in [3.05, 3.63) is 28.8 Å². The number of carboxylic acid groups (broad SMARTS) is 1. The summed E-state index contributed by atoms with van der Waals surface area (Å²) < 4.78 is 16.5. The molecule has 1 amide bonds. The van der Waals surface area contributed by atoms with E-state index in [9.17, 15) is 9.59 Å². The summed E-state index contributed by atoms with van der Waals surface area (Å²) >= 11 is 0. The van der Waals surface area contributed by atoms with E-state index >= 15 is 0 Å². The molecule has 0 aliphatic carbocycles. The molecule has 0 bridgehead atoms. The van der Waals surface area contributed by atoms with E-state index in [2.05, 4.69) is 0 Å². The second kappa shape index (κ2) is 7.01. The van der Waals surface area contributed by atoms with Crippen LogP contribution in [0.1, 0.15) is 27.9 Å². The van der Waals surface area contributed by atoms with Gasteiger partial charge in [-0.05, 0) is 43.5 Å². The van der Waals surface area contributed by atoms with Crippen LogP contribution < -0.4 is 4.74 Å². The number of carbonyl (C=O) groups excluding carboxylic acids is 1. The van der Waals surface area contributed by atoms with E-state index in [0.717, 1.165) is 17.5 Å². The molecule has 1 unspecified atom stereocenters. The van der Waals surface area contributed by atoms with Crippen LogP contribution in [0.5, 0.6) is 5.75 Å². The van der Waals surface area contributed by atoms with Crippen LogP contribution >= 0.6 is 0 Å². The summed E-state index contributed by atoms with van der Waals surface area (Å²) in [4.78, 5) is 25.7. The van der Waals surface area contributed by atoms with Gasteiger partial charge in [-0.1, -0.05) is 0 Å². The van der Waals surface area contributed by atoms with Crippen molar-refractivity contribution < 1.29 is 28.9 Å². The van der Waals surface area contributed by atoms with E-state index in [4.69, 9.17) is 19.3 Å². The average Bonchev–Trinajstić information content (AvgIpc) is 3.02. The molecule has 1 spiro atoms. The maximum absolute atomic E-state index is 13.1. The van der Waals surface area contributed by atoms with E-state index in [0.29, 0.717) is 44.3 Å². The number of benzene rings is 1. The summed E-state index contributed by atoms with van der Waals surface area (Å²) in [5.74, 6) is -0.569. The zero-order valence-corrected chi connectivity index (χ0v) is 14.5. The molecule has 1 aromatic carbocycles. The van der Waals surface area contributed by atoms with E-state index in [-0.39, 0.29) is 11.4 Å². The highest BCUT2D eigenvalue weighted by molar-refractivity contribution is 5.95. The Balaban J connectivity index is 1.85. The molecule has 0 saturated carbocycles. The zero-order chi connectivity index (χ0) is 18.0. The highest BCUT2D eigenvalue weighted by Crippen LogP contribution is 2.32. The van der Waals surface area contributed by atoms with Crippen molar-refractivity contribution in [2.75, 3.05) is 39.6 Å². The fourth-order valence-corrected chi connectivity index (χ4v) is 3.56. The van der Waals surface area contributed by atoms with Gasteiger partial charge in [0, 0.05) is 18.7 Å². The number of aliphatic carboxylic acids is 1. The molecular weight excluding hydrogens is 326 g/mol. The molecule has 7 nitrogen and oxygen atoms in total. The van der Waals surface area contributed by atoms with E-state index in [1.165, 1.54) is 0 Å². The number of aryl methyl sites for hydroxylation is 2. The number of carbonyl (C=O) groups is 2. The molecule has 2 aliphatic rings. The number of nitrogens with zero attached hydrogens (tertiary/aromatic N) is 1. The monoisotopic (exact) mass is 349 g/mol. The van der Waals surface area contributed by atoms with Gasteiger partial charge in [-0.2, -0.15) is 0 Å². The molecule has 0 aromatic heterocycles. The fraction of sp³-hybridized carbons (Fsp3) is 0.556. The first-order valence-electron chi connectivity index (χ1n) is 8.36. The quantitative estimate of drug-likeness (QED) is 0.884. The fourth-order valence-electron chi connectivity index (χ4n) is 3.56. The molecule has 1 atom stereocenters. The van der Waals surface area contributed by atoms with Gasteiger partial charge in [-0.3, -0.25) is 4.79 Å². The lowest BCUT2D eigenvalue weighted by atomic mass is 9.94. The number of hydrogen-bond acceptors (Lipinski definition) is 5. The van der Waals surface area contributed by atoms with Crippen LogP contribution in [-0.4, -0.2) is 67.0 Å². The summed E-state index contributed by atoms with van der Waals surface area (Å²) in [7, 11) is 0. The predicted molar refractivity (Wildman–Crippen MR) is 89.1 cm³/mol. The first-order valence-corrected chi connectivity index (χ1v) is 8.36. The molecular formula is C18H23NO6. The Morgan fingerprint density at radius 3 is 2.44 bits per heavy atom. The van der Waals surface area contributed by atoms with Crippen LogP contribution in [0.15, 0.2) is 12.1 Å². The predicted octanol–water partition coefficient (Wildman–Crippen LogP) is 1.40. The molecule has 1 aromatic rings. The van der Waals surface area contributed by atoms with Gasteiger partial charge in [0.1, 0.15) is 5.75 Å². The van der Waals surface area contributed by atoms with Crippen LogP contribution in [0.25, 0.3) is 0 Å². The number of hydrogen-bond donors (Lipinski definition) is 1. The summed E-state index contributed by atoms with van der Waals surface area (Å²) in [5, 5.41) is 8.78.